The Morgan fingerprint density at radius 3 is 2.78 bits per heavy atom. The molecule has 1 amide bonds. The zero-order valence-corrected chi connectivity index (χ0v) is 16.3. The lowest BCUT2D eigenvalue weighted by Gasteiger charge is -2.36. The monoisotopic (exact) mass is 389 g/mol. The highest BCUT2D eigenvalue weighted by Crippen LogP contribution is 2.30. The number of ether oxygens (including phenoxy) is 2. The van der Waals surface area contributed by atoms with Gasteiger partial charge in [-0.15, -0.1) is 0 Å². The van der Waals surface area contributed by atoms with E-state index in [1.807, 2.05) is 24.3 Å². The number of amides is 1. The van der Waals surface area contributed by atoms with Crippen LogP contribution in [0, 0.1) is 0 Å². The summed E-state index contributed by atoms with van der Waals surface area (Å²) in [4.78, 5) is 14.8. The second kappa shape index (κ2) is 9.08. The lowest BCUT2D eigenvalue weighted by molar-refractivity contribution is -0.118. The summed E-state index contributed by atoms with van der Waals surface area (Å²) in [6.45, 7) is 2.72. The topological polar surface area (TPSA) is 62.8 Å². The van der Waals surface area contributed by atoms with Crippen LogP contribution in [0.5, 0.6) is 11.5 Å². The number of piperazine rings is 1. The number of nitrogens with one attached hydrogen (secondary N) is 2. The van der Waals surface area contributed by atoms with Gasteiger partial charge in [-0.3, -0.25) is 9.69 Å². The largest absolute Gasteiger partial charge is 0.493 e. The van der Waals surface area contributed by atoms with Gasteiger partial charge in [0, 0.05) is 42.5 Å². The van der Waals surface area contributed by atoms with E-state index in [-0.39, 0.29) is 11.9 Å². The number of carbonyl (C=O) groups is 1. The van der Waals surface area contributed by atoms with Gasteiger partial charge in [-0.2, -0.15) is 0 Å². The first kappa shape index (κ1) is 19.5. The first-order valence-electron chi connectivity index (χ1n) is 8.83. The van der Waals surface area contributed by atoms with E-state index < -0.39 is 0 Å². The molecule has 27 heavy (non-hydrogen) atoms. The second-order valence-corrected chi connectivity index (χ2v) is 6.80. The molecule has 0 bridgehead atoms. The molecule has 0 spiro atoms. The molecule has 0 aliphatic carbocycles. The van der Waals surface area contributed by atoms with Crippen molar-refractivity contribution in [3.05, 3.63) is 53.1 Å². The van der Waals surface area contributed by atoms with Crippen LogP contribution >= 0.6 is 11.6 Å². The Morgan fingerprint density at radius 2 is 2.04 bits per heavy atom. The Bertz CT molecular complexity index is 800. The van der Waals surface area contributed by atoms with Crippen LogP contribution in [0.2, 0.25) is 5.02 Å². The van der Waals surface area contributed by atoms with E-state index in [1.54, 1.807) is 32.4 Å². The van der Waals surface area contributed by atoms with Gasteiger partial charge in [0.1, 0.15) is 0 Å². The Labute approximate surface area is 164 Å². The van der Waals surface area contributed by atoms with Crippen molar-refractivity contribution < 1.29 is 14.3 Å². The SMILES string of the molecule is COc1ccc(NC(=O)CN2CCNCC2c2cccc(Cl)c2)cc1OC. The molecule has 1 unspecified atom stereocenters. The molecular formula is C20H24ClN3O3. The van der Waals surface area contributed by atoms with Gasteiger partial charge in [0.25, 0.3) is 0 Å². The van der Waals surface area contributed by atoms with E-state index in [1.165, 1.54) is 0 Å². The van der Waals surface area contributed by atoms with Crippen LogP contribution in [0.3, 0.4) is 0 Å². The Balaban J connectivity index is 1.68. The molecule has 1 aliphatic heterocycles. The van der Waals surface area contributed by atoms with Crippen molar-refractivity contribution in [1.82, 2.24) is 10.2 Å². The van der Waals surface area contributed by atoms with Crippen LogP contribution in [0.1, 0.15) is 11.6 Å². The van der Waals surface area contributed by atoms with Crippen LogP contribution in [0.15, 0.2) is 42.5 Å². The number of benzene rings is 2. The molecule has 1 saturated heterocycles. The first-order chi connectivity index (χ1) is 13.1. The molecule has 0 aromatic heterocycles. The van der Waals surface area contributed by atoms with Crippen LogP contribution < -0.4 is 20.1 Å². The van der Waals surface area contributed by atoms with Crippen molar-refractivity contribution in [3.63, 3.8) is 0 Å². The standard InChI is InChI=1S/C20H24ClN3O3/c1-26-18-7-6-16(11-19(18)27-2)23-20(25)13-24-9-8-22-12-17(24)14-4-3-5-15(21)10-14/h3-7,10-11,17,22H,8-9,12-13H2,1-2H3,(H,23,25). The number of rotatable bonds is 6. The number of carbonyl (C=O) groups excluding carboxylic acids is 1. The minimum absolute atomic E-state index is 0.0730. The zero-order valence-electron chi connectivity index (χ0n) is 15.5. The van der Waals surface area contributed by atoms with Gasteiger partial charge in [0.2, 0.25) is 5.91 Å². The fourth-order valence-electron chi connectivity index (χ4n) is 3.28. The van der Waals surface area contributed by atoms with Crippen LogP contribution in [-0.4, -0.2) is 51.2 Å². The molecule has 1 atom stereocenters. The summed E-state index contributed by atoms with van der Waals surface area (Å²) in [5.74, 6) is 1.13. The minimum atomic E-state index is -0.0730. The molecule has 0 radical (unpaired) electrons. The molecule has 2 aromatic carbocycles. The van der Waals surface area contributed by atoms with E-state index >= 15 is 0 Å². The molecule has 1 aliphatic rings. The summed E-state index contributed by atoms with van der Waals surface area (Å²) in [6, 6.07) is 13.2. The van der Waals surface area contributed by atoms with Gasteiger partial charge in [0.15, 0.2) is 11.5 Å². The summed E-state index contributed by atoms with van der Waals surface area (Å²) in [6.07, 6.45) is 0. The van der Waals surface area contributed by atoms with Gasteiger partial charge in [0.05, 0.1) is 20.8 Å². The molecule has 6 nitrogen and oxygen atoms in total. The van der Waals surface area contributed by atoms with Crippen molar-refractivity contribution in [2.45, 2.75) is 6.04 Å². The van der Waals surface area contributed by atoms with E-state index in [9.17, 15) is 4.79 Å². The van der Waals surface area contributed by atoms with Crippen molar-refractivity contribution in [2.24, 2.45) is 0 Å². The predicted octanol–water partition coefficient (Wildman–Crippen LogP) is 2.94. The Morgan fingerprint density at radius 1 is 1.22 bits per heavy atom. The number of hydrogen-bond donors (Lipinski definition) is 2. The second-order valence-electron chi connectivity index (χ2n) is 6.36. The normalized spacial score (nSPS) is 17.4. The lowest BCUT2D eigenvalue weighted by Crippen LogP contribution is -2.48. The Kier molecular flexibility index (Phi) is 6.55. The third kappa shape index (κ3) is 4.91. The fraction of sp³-hybridized carbons (Fsp3) is 0.350. The van der Waals surface area contributed by atoms with Gasteiger partial charge in [-0.25, -0.2) is 0 Å². The number of methoxy groups -OCH3 is 2. The summed E-state index contributed by atoms with van der Waals surface area (Å²) in [7, 11) is 3.15. The van der Waals surface area contributed by atoms with Crippen molar-refractivity contribution >= 4 is 23.2 Å². The number of hydrogen-bond acceptors (Lipinski definition) is 5. The lowest BCUT2D eigenvalue weighted by atomic mass is 10.0. The van der Waals surface area contributed by atoms with E-state index in [0.29, 0.717) is 28.8 Å². The third-order valence-electron chi connectivity index (χ3n) is 4.60. The summed E-state index contributed by atoms with van der Waals surface area (Å²) in [5.41, 5.74) is 1.78. The van der Waals surface area contributed by atoms with Crippen LogP contribution in [0.25, 0.3) is 0 Å². The number of nitrogens with zero attached hydrogens (tertiary/aromatic N) is 1. The van der Waals surface area contributed by atoms with Crippen molar-refractivity contribution in [2.75, 3.05) is 45.7 Å². The summed E-state index contributed by atoms with van der Waals surface area (Å²) < 4.78 is 10.5. The molecule has 2 N–H and O–H groups in total. The average Bonchev–Trinajstić information content (AvgIpc) is 2.68. The molecule has 1 fully saturated rings. The van der Waals surface area contributed by atoms with E-state index in [4.69, 9.17) is 21.1 Å². The minimum Gasteiger partial charge on any atom is -0.493 e. The molecule has 3 rings (SSSR count). The van der Waals surface area contributed by atoms with Crippen molar-refractivity contribution in [1.29, 1.82) is 0 Å². The van der Waals surface area contributed by atoms with Gasteiger partial charge >= 0.3 is 0 Å². The Hall–Kier alpha value is -2.28. The van der Waals surface area contributed by atoms with Gasteiger partial charge in [-0.1, -0.05) is 23.7 Å². The highest BCUT2D eigenvalue weighted by atomic mass is 35.5. The maximum Gasteiger partial charge on any atom is 0.238 e. The molecule has 0 saturated carbocycles. The molecular weight excluding hydrogens is 366 g/mol. The quantitative estimate of drug-likeness (QED) is 0.795. The van der Waals surface area contributed by atoms with E-state index in [0.717, 1.165) is 25.2 Å². The maximum atomic E-state index is 12.6. The van der Waals surface area contributed by atoms with E-state index in [2.05, 4.69) is 15.5 Å². The molecule has 1 heterocycles. The van der Waals surface area contributed by atoms with Gasteiger partial charge in [-0.05, 0) is 29.8 Å². The average molecular weight is 390 g/mol. The number of halogens is 1. The highest BCUT2D eigenvalue weighted by molar-refractivity contribution is 6.30. The number of anilines is 1. The van der Waals surface area contributed by atoms with Gasteiger partial charge < -0.3 is 20.1 Å². The highest BCUT2D eigenvalue weighted by Gasteiger charge is 2.25. The zero-order chi connectivity index (χ0) is 19.2. The fourth-order valence-corrected chi connectivity index (χ4v) is 3.48. The molecule has 2 aromatic rings. The predicted molar refractivity (Wildman–Crippen MR) is 107 cm³/mol. The third-order valence-corrected chi connectivity index (χ3v) is 4.84. The van der Waals surface area contributed by atoms with Crippen molar-refractivity contribution in [3.8, 4) is 11.5 Å². The van der Waals surface area contributed by atoms with Crippen LogP contribution in [-0.2, 0) is 4.79 Å². The summed E-state index contributed by atoms with van der Waals surface area (Å²) >= 11 is 6.14. The smallest absolute Gasteiger partial charge is 0.238 e. The maximum absolute atomic E-state index is 12.6. The first-order valence-corrected chi connectivity index (χ1v) is 9.20. The van der Waals surface area contributed by atoms with Crippen LogP contribution in [0.4, 0.5) is 5.69 Å². The molecule has 144 valence electrons. The summed E-state index contributed by atoms with van der Waals surface area (Å²) in [5, 5.41) is 7.02. The molecule has 7 heteroatoms.